The van der Waals surface area contributed by atoms with Crippen molar-refractivity contribution in [3.63, 3.8) is 0 Å². The van der Waals surface area contributed by atoms with Gasteiger partial charge < -0.3 is 14.5 Å². The lowest BCUT2D eigenvalue weighted by Gasteiger charge is -2.32. The summed E-state index contributed by atoms with van der Waals surface area (Å²) in [5.74, 6) is -0.199. The van der Waals surface area contributed by atoms with E-state index in [0.29, 0.717) is 31.1 Å². The second-order valence-corrected chi connectivity index (χ2v) is 8.04. The SMILES string of the molecule is CN(C)CCN(Cc1ccc(F)cc1)C(=O)CN1C(=O)COc2cc(Br)ccc21. The highest BCUT2D eigenvalue weighted by Crippen LogP contribution is 2.34. The Morgan fingerprint density at radius 1 is 1.17 bits per heavy atom. The summed E-state index contributed by atoms with van der Waals surface area (Å²) in [4.78, 5) is 30.7. The van der Waals surface area contributed by atoms with Crippen LogP contribution in [0.3, 0.4) is 0 Å². The normalized spacial score (nSPS) is 13.3. The molecule has 0 N–H and O–H groups in total. The molecule has 0 saturated carbocycles. The number of likely N-dealkylation sites (N-methyl/N-ethyl adjacent to an activating group) is 1. The fourth-order valence-corrected chi connectivity index (χ4v) is 3.35. The van der Waals surface area contributed by atoms with Crippen LogP contribution in [0.15, 0.2) is 46.9 Å². The molecule has 0 aromatic heterocycles. The number of nitrogens with zero attached hydrogens (tertiary/aromatic N) is 3. The molecule has 0 fully saturated rings. The molecule has 0 spiro atoms. The molecule has 0 atom stereocenters. The van der Waals surface area contributed by atoms with E-state index in [1.54, 1.807) is 35.2 Å². The van der Waals surface area contributed by atoms with E-state index in [4.69, 9.17) is 4.74 Å². The molecule has 29 heavy (non-hydrogen) atoms. The first-order chi connectivity index (χ1) is 13.8. The number of fused-ring (bicyclic) bond motifs is 1. The van der Waals surface area contributed by atoms with Gasteiger partial charge in [-0.05, 0) is 50.0 Å². The van der Waals surface area contributed by atoms with Crippen LogP contribution in [0, 0.1) is 5.82 Å². The van der Waals surface area contributed by atoms with Crippen LogP contribution >= 0.6 is 15.9 Å². The third-order valence-electron chi connectivity index (χ3n) is 4.61. The van der Waals surface area contributed by atoms with E-state index in [9.17, 15) is 14.0 Å². The van der Waals surface area contributed by atoms with Crippen molar-refractivity contribution in [1.82, 2.24) is 9.80 Å². The molecule has 6 nitrogen and oxygen atoms in total. The van der Waals surface area contributed by atoms with Gasteiger partial charge in [-0.25, -0.2) is 4.39 Å². The number of hydrogen-bond acceptors (Lipinski definition) is 4. The summed E-state index contributed by atoms with van der Waals surface area (Å²) in [6.45, 7) is 1.33. The lowest BCUT2D eigenvalue weighted by molar-refractivity contribution is -0.132. The van der Waals surface area contributed by atoms with Crippen molar-refractivity contribution in [2.75, 3.05) is 45.2 Å². The van der Waals surface area contributed by atoms with E-state index < -0.39 is 0 Å². The molecule has 0 saturated heterocycles. The van der Waals surface area contributed by atoms with Crippen molar-refractivity contribution < 1.29 is 18.7 Å². The van der Waals surface area contributed by atoms with Gasteiger partial charge in [0.2, 0.25) is 5.91 Å². The fraction of sp³-hybridized carbons (Fsp3) is 0.333. The van der Waals surface area contributed by atoms with Crippen molar-refractivity contribution in [2.45, 2.75) is 6.54 Å². The maximum absolute atomic E-state index is 13.2. The fourth-order valence-electron chi connectivity index (χ4n) is 3.01. The number of carbonyl (C=O) groups is 2. The van der Waals surface area contributed by atoms with Gasteiger partial charge in [-0.3, -0.25) is 14.5 Å². The summed E-state index contributed by atoms with van der Waals surface area (Å²) in [6.07, 6.45) is 0. The van der Waals surface area contributed by atoms with Crippen molar-refractivity contribution in [1.29, 1.82) is 0 Å². The molecule has 1 heterocycles. The van der Waals surface area contributed by atoms with Gasteiger partial charge in [0, 0.05) is 24.1 Å². The maximum atomic E-state index is 13.2. The number of ether oxygens (including phenoxy) is 1. The first kappa shape index (κ1) is 21.3. The van der Waals surface area contributed by atoms with Crippen molar-refractivity contribution in [2.24, 2.45) is 0 Å². The minimum absolute atomic E-state index is 0.0779. The van der Waals surface area contributed by atoms with E-state index in [0.717, 1.165) is 10.0 Å². The van der Waals surface area contributed by atoms with Crippen LogP contribution in [0.25, 0.3) is 0 Å². The third kappa shape index (κ3) is 5.55. The van der Waals surface area contributed by atoms with Gasteiger partial charge in [0.05, 0.1) is 5.69 Å². The molecule has 8 heteroatoms. The summed E-state index contributed by atoms with van der Waals surface area (Å²) >= 11 is 3.39. The Hall–Kier alpha value is -2.45. The largest absolute Gasteiger partial charge is 0.482 e. The molecule has 0 bridgehead atoms. The zero-order valence-electron chi connectivity index (χ0n) is 16.4. The molecule has 0 radical (unpaired) electrons. The summed E-state index contributed by atoms with van der Waals surface area (Å²) in [5, 5.41) is 0. The van der Waals surface area contributed by atoms with Gasteiger partial charge in [-0.2, -0.15) is 0 Å². The molecular formula is C21H23BrFN3O3. The van der Waals surface area contributed by atoms with Crippen molar-refractivity contribution in [3.8, 4) is 5.75 Å². The highest BCUT2D eigenvalue weighted by Gasteiger charge is 2.29. The summed E-state index contributed by atoms with van der Waals surface area (Å²) in [5.41, 5.74) is 1.41. The second kappa shape index (κ2) is 9.37. The van der Waals surface area contributed by atoms with Gasteiger partial charge in [-0.15, -0.1) is 0 Å². The molecule has 2 amide bonds. The van der Waals surface area contributed by atoms with E-state index >= 15 is 0 Å². The zero-order chi connectivity index (χ0) is 21.0. The Kier molecular flexibility index (Phi) is 6.87. The third-order valence-corrected chi connectivity index (χ3v) is 5.11. The number of carbonyl (C=O) groups excluding carboxylic acids is 2. The molecule has 0 aliphatic carbocycles. The second-order valence-electron chi connectivity index (χ2n) is 7.13. The Morgan fingerprint density at radius 2 is 1.90 bits per heavy atom. The lowest BCUT2D eigenvalue weighted by Crippen LogP contribution is -2.47. The van der Waals surface area contributed by atoms with Gasteiger partial charge in [0.25, 0.3) is 5.91 Å². The van der Waals surface area contributed by atoms with Crippen LogP contribution in [0.4, 0.5) is 10.1 Å². The van der Waals surface area contributed by atoms with Gasteiger partial charge in [-0.1, -0.05) is 28.1 Å². The quantitative estimate of drug-likeness (QED) is 0.633. The molecule has 154 valence electrons. The first-order valence-corrected chi connectivity index (χ1v) is 10.0. The summed E-state index contributed by atoms with van der Waals surface area (Å²) in [6, 6.07) is 11.4. The highest BCUT2D eigenvalue weighted by atomic mass is 79.9. The van der Waals surface area contributed by atoms with Crippen LogP contribution in [0.1, 0.15) is 5.56 Å². The Balaban J connectivity index is 1.78. The highest BCUT2D eigenvalue weighted by molar-refractivity contribution is 9.10. The van der Waals surface area contributed by atoms with Crippen LogP contribution < -0.4 is 9.64 Å². The smallest absolute Gasteiger partial charge is 0.265 e. The molecular weight excluding hydrogens is 441 g/mol. The van der Waals surface area contributed by atoms with Crippen LogP contribution in [0.5, 0.6) is 5.75 Å². The van der Waals surface area contributed by atoms with Crippen LogP contribution in [0.2, 0.25) is 0 Å². The summed E-state index contributed by atoms with van der Waals surface area (Å²) < 4.78 is 19.5. The molecule has 1 aliphatic rings. The first-order valence-electron chi connectivity index (χ1n) is 9.23. The number of rotatable bonds is 7. The lowest BCUT2D eigenvalue weighted by atomic mass is 10.2. The van der Waals surface area contributed by atoms with Crippen LogP contribution in [-0.2, 0) is 16.1 Å². The molecule has 2 aromatic rings. The molecule has 1 aliphatic heterocycles. The van der Waals surface area contributed by atoms with Gasteiger partial charge in [0.15, 0.2) is 6.61 Å². The van der Waals surface area contributed by atoms with Crippen molar-refractivity contribution >= 4 is 33.4 Å². The van der Waals surface area contributed by atoms with Gasteiger partial charge >= 0.3 is 0 Å². The zero-order valence-corrected chi connectivity index (χ0v) is 18.0. The number of halogens is 2. The molecule has 0 unspecified atom stereocenters. The minimum atomic E-state index is -0.318. The van der Waals surface area contributed by atoms with E-state index in [-0.39, 0.29) is 30.8 Å². The number of hydrogen-bond donors (Lipinski definition) is 0. The summed E-state index contributed by atoms with van der Waals surface area (Å²) in [7, 11) is 3.86. The average Bonchev–Trinajstić information content (AvgIpc) is 2.68. The number of anilines is 1. The number of benzene rings is 2. The Morgan fingerprint density at radius 3 is 2.59 bits per heavy atom. The Bertz CT molecular complexity index is 889. The Labute approximate surface area is 178 Å². The monoisotopic (exact) mass is 463 g/mol. The predicted octanol–water partition coefficient (Wildman–Crippen LogP) is 2.90. The van der Waals surface area contributed by atoms with Crippen LogP contribution in [-0.4, -0.2) is 62.0 Å². The molecule has 3 rings (SSSR count). The van der Waals surface area contributed by atoms with E-state index in [2.05, 4.69) is 15.9 Å². The topological polar surface area (TPSA) is 53.1 Å². The van der Waals surface area contributed by atoms with Gasteiger partial charge in [0.1, 0.15) is 18.1 Å². The molecule has 2 aromatic carbocycles. The standard InChI is InChI=1S/C21H23BrFN3O3/c1-24(2)9-10-25(12-15-3-6-17(23)7-4-15)20(27)13-26-18-8-5-16(22)11-19(18)29-14-21(26)28/h3-8,11H,9-10,12-14H2,1-2H3. The van der Waals surface area contributed by atoms with E-state index in [1.165, 1.54) is 17.0 Å². The van der Waals surface area contributed by atoms with Crippen molar-refractivity contribution in [3.05, 3.63) is 58.3 Å². The predicted molar refractivity (Wildman–Crippen MR) is 112 cm³/mol. The maximum Gasteiger partial charge on any atom is 0.265 e. The van der Waals surface area contributed by atoms with E-state index in [1.807, 2.05) is 19.0 Å². The minimum Gasteiger partial charge on any atom is -0.482 e. The number of amides is 2. The average molecular weight is 464 g/mol.